The summed E-state index contributed by atoms with van der Waals surface area (Å²) in [5.41, 5.74) is 1.40. The van der Waals surface area contributed by atoms with Gasteiger partial charge in [-0.15, -0.1) is 0 Å². The fraction of sp³-hybridized carbons (Fsp3) is 0.579. The van der Waals surface area contributed by atoms with E-state index in [-0.39, 0.29) is 0 Å². The van der Waals surface area contributed by atoms with Crippen molar-refractivity contribution in [3.8, 4) is 5.75 Å². The van der Waals surface area contributed by atoms with Crippen LogP contribution in [0.2, 0.25) is 0 Å². The highest BCUT2D eigenvalue weighted by atomic mass is 32.2. The fourth-order valence-corrected chi connectivity index (χ4v) is 4.22. The van der Waals surface area contributed by atoms with Gasteiger partial charge in [-0.05, 0) is 23.6 Å². The van der Waals surface area contributed by atoms with Crippen LogP contribution in [0.15, 0.2) is 23.2 Å². The van der Waals surface area contributed by atoms with Gasteiger partial charge in [0.2, 0.25) is 0 Å². The van der Waals surface area contributed by atoms with Crippen LogP contribution in [0.3, 0.4) is 0 Å². The Kier molecular flexibility index (Phi) is 7.63. The number of nitrogens with one attached hydrogen (secondary N) is 1. The van der Waals surface area contributed by atoms with Gasteiger partial charge in [0.1, 0.15) is 11.3 Å². The zero-order chi connectivity index (χ0) is 19.1. The first-order valence-electron chi connectivity index (χ1n) is 8.82. The maximum atomic E-state index is 11.9. The molecule has 26 heavy (non-hydrogen) atoms. The van der Waals surface area contributed by atoms with Gasteiger partial charge in [0.25, 0.3) is 0 Å². The lowest BCUT2D eigenvalue weighted by Crippen LogP contribution is -2.48. The summed E-state index contributed by atoms with van der Waals surface area (Å²) in [5.74, 6) is 2.76. The summed E-state index contributed by atoms with van der Waals surface area (Å²) in [6, 6.07) is 5.53. The molecule has 0 aromatic heterocycles. The SMILES string of the molecule is CN=C(NCc1ccc(OC)c(C(=O)OC)c1)N1CCSC(C(C)C)C1. The third kappa shape index (κ3) is 5.06. The lowest BCUT2D eigenvalue weighted by atomic mass is 10.1. The van der Waals surface area contributed by atoms with Crippen molar-refractivity contribution in [1.29, 1.82) is 0 Å². The van der Waals surface area contributed by atoms with E-state index in [9.17, 15) is 4.79 Å². The predicted molar refractivity (Wildman–Crippen MR) is 107 cm³/mol. The summed E-state index contributed by atoms with van der Waals surface area (Å²) in [5, 5.41) is 4.03. The van der Waals surface area contributed by atoms with E-state index in [1.54, 1.807) is 19.2 Å². The van der Waals surface area contributed by atoms with E-state index >= 15 is 0 Å². The van der Waals surface area contributed by atoms with Crippen LogP contribution in [0.1, 0.15) is 29.8 Å². The van der Waals surface area contributed by atoms with Crippen LogP contribution in [0.25, 0.3) is 0 Å². The van der Waals surface area contributed by atoms with E-state index < -0.39 is 5.97 Å². The van der Waals surface area contributed by atoms with Crippen molar-refractivity contribution < 1.29 is 14.3 Å². The number of methoxy groups -OCH3 is 2. The standard InChI is InChI=1S/C19H29N3O3S/c1-13(2)17-12-22(8-9-26-17)19(20-3)21-11-14-6-7-16(24-4)15(10-14)18(23)25-5/h6-7,10,13,17H,8-9,11-12H2,1-5H3,(H,20,21). The molecule has 1 aliphatic heterocycles. The number of hydrogen-bond donors (Lipinski definition) is 1. The molecule has 1 fully saturated rings. The molecule has 0 radical (unpaired) electrons. The molecule has 0 saturated carbocycles. The Hall–Kier alpha value is -1.89. The molecule has 7 heteroatoms. The van der Waals surface area contributed by atoms with Crippen molar-refractivity contribution in [1.82, 2.24) is 10.2 Å². The van der Waals surface area contributed by atoms with E-state index in [2.05, 4.69) is 29.1 Å². The summed E-state index contributed by atoms with van der Waals surface area (Å²) in [6.07, 6.45) is 0. The first-order valence-corrected chi connectivity index (χ1v) is 9.87. The van der Waals surface area contributed by atoms with Gasteiger partial charge in [0.05, 0.1) is 14.2 Å². The molecule has 1 heterocycles. The van der Waals surface area contributed by atoms with Crippen molar-refractivity contribution in [2.45, 2.75) is 25.6 Å². The molecule has 1 aromatic carbocycles. The molecule has 1 N–H and O–H groups in total. The van der Waals surface area contributed by atoms with Gasteiger partial charge in [-0.25, -0.2) is 4.79 Å². The summed E-state index contributed by atoms with van der Waals surface area (Å²) in [7, 11) is 4.72. The zero-order valence-electron chi connectivity index (χ0n) is 16.2. The maximum absolute atomic E-state index is 11.9. The lowest BCUT2D eigenvalue weighted by Gasteiger charge is -2.36. The van der Waals surface area contributed by atoms with Gasteiger partial charge in [-0.1, -0.05) is 19.9 Å². The minimum Gasteiger partial charge on any atom is -0.496 e. The zero-order valence-corrected chi connectivity index (χ0v) is 17.1. The molecule has 1 aromatic rings. The number of ether oxygens (including phenoxy) is 2. The number of carbonyl (C=O) groups excluding carboxylic acids is 1. The van der Waals surface area contributed by atoms with E-state index in [0.29, 0.717) is 29.0 Å². The predicted octanol–water partition coefficient (Wildman–Crippen LogP) is 2.63. The lowest BCUT2D eigenvalue weighted by molar-refractivity contribution is 0.0597. The molecule has 0 bridgehead atoms. The number of esters is 1. The fourth-order valence-electron chi connectivity index (χ4n) is 2.92. The molecular weight excluding hydrogens is 350 g/mol. The molecule has 0 aliphatic carbocycles. The van der Waals surface area contributed by atoms with Crippen LogP contribution in [0.5, 0.6) is 5.75 Å². The summed E-state index contributed by atoms with van der Waals surface area (Å²) in [4.78, 5) is 18.7. The van der Waals surface area contributed by atoms with Gasteiger partial charge in [-0.2, -0.15) is 11.8 Å². The van der Waals surface area contributed by atoms with Crippen molar-refractivity contribution in [3.05, 3.63) is 29.3 Å². The molecule has 1 atom stereocenters. The van der Waals surface area contributed by atoms with E-state index in [1.807, 2.05) is 24.9 Å². The summed E-state index contributed by atoms with van der Waals surface area (Å²) < 4.78 is 10.1. The van der Waals surface area contributed by atoms with Crippen molar-refractivity contribution in [2.24, 2.45) is 10.9 Å². The number of thioether (sulfide) groups is 1. The van der Waals surface area contributed by atoms with Crippen LogP contribution in [-0.2, 0) is 11.3 Å². The molecule has 0 amide bonds. The number of rotatable bonds is 5. The Balaban J connectivity index is 2.05. The third-order valence-electron chi connectivity index (χ3n) is 4.47. The second-order valence-electron chi connectivity index (χ2n) is 6.53. The maximum Gasteiger partial charge on any atom is 0.341 e. The van der Waals surface area contributed by atoms with Crippen LogP contribution in [0, 0.1) is 5.92 Å². The molecule has 1 saturated heterocycles. The highest BCUT2D eigenvalue weighted by Crippen LogP contribution is 2.25. The first-order chi connectivity index (χ1) is 12.5. The highest BCUT2D eigenvalue weighted by Gasteiger charge is 2.24. The Morgan fingerprint density at radius 2 is 2.19 bits per heavy atom. The molecule has 1 aliphatic rings. The number of hydrogen-bond acceptors (Lipinski definition) is 5. The second kappa shape index (κ2) is 9.71. The Morgan fingerprint density at radius 3 is 2.81 bits per heavy atom. The normalized spacial score (nSPS) is 18.0. The Bertz CT molecular complexity index is 649. The van der Waals surface area contributed by atoms with Crippen molar-refractivity contribution >= 4 is 23.7 Å². The van der Waals surface area contributed by atoms with Gasteiger partial charge >= 0.3 is 5.97 Å². The Morgan fingerprint density at radius 1 is 1.42 bits per heavy atom. The topological polar surface area (TPSA) is 63.2 Å². The van der Waals surface area contributed by atoms with Gasteiger partial charge in [0.15, 0.2) is 5.96 Å². The number of nitrogens with zero attached hydrogens (tertiary/aromatic N) is 2. The second-order valence-corrected chi connectivity index (χ2v) is 7.87. The van der Waals surface area contributed by atoms with E-state index in [4.69, 9.17) is 9.47 Å². The molecule has 1 unspecified atom stereocenters. The smallest absolute Gasteiger partial charge is 0.341 e. The van der Waals surface area contributed by atoms with Crippen LogP contribution >= 0.6 is 11.8 Å². The van der Waals surface area contributed by atoms with Crippen molar-refractivity contribution in [3.63, 3.8) is 0 Å². The van der Waals surface area contributed by atoms with E-state index in [0.717, 1.165) is 30.4 Å². The monoisotopic (exact) mass is 379 g/mol. The minimum absolute atomic E-state index is 0.402. The summed E-state index contributed by atoms with van der Waals surface area (Å²) in [6.45, 7) is 7.10. The molecule has 2 rings (SSSR count). The minimum atomic E-state index is -0.402. The molecule has 0 spiro atoms. The quantitative estimate of drug-likeness (QED) is 0.482. The molecule has 144 valence electrons. The van der Waals surface area contributed by atoms with Crippen LogP contribution in [-0.4, -0.2) is 62.2 Å². The highest BCUT2D eigenvalue weighted by molar-refractivity contribution is 8.00. The number of guanidine groups is 1. The first kappa shape index (κ1) is 20.4. The third-order valence-corrected chi connectivity index (χ3v) is 6.01. The largest absolute Gasteiger partial charge is 0.496 e. The van der Waals surface area contributed by atoms with Gasteiger partial charge in [-0.3, -0.25) is 4.99 Å². The molecular formula is C19H29N3O3S. The molecule has 6 nitrogen and oxygen atoms in total. The van der Waals surface area contributed by atoms with Crippen molar-refractivity contribution in [2.75, 3.05) is 40.1 Å². The average Bonchev–Trinajstić information content (AvgIpc) is 2.67. The Labute approximate surface area is 160 Å². The number of carbonyl (C=O) groups is 1. The number of benzene rings is 1. The van der Waals surface area contributed by atoms with Gasteiger partial charge in [0, 0.05) is 37.7 Å². The van der Waals surface area contributed by atoms with Crippen LogP contribution in [0.4, 0.5) is 0 Å². The van der Waals surface area contributed by atoms with Gasteiger partial charge < -0.3 is 19.7 Å². The van der Waals surface area contributed by atoms with E-state index in [1.165, 1.54) is 7.11 Å². The van der Waals surface area contributed by atoms with Crippen LogP contribution < -0.4 is 10.1 Å². The summed E-state index contributed by atoms with van der Waals surface area (Å²) >= 11 is 2.04. The average molecular weight is 380 g/mol. The number of aliphatic imine (C=N–C) groups is 1.